The van der Waals surface area contributed by atoms with Gasteiger partial charge in [0.1, 0.15) is 23.9 Å². The molecule has 12 nitrogen and oxygen atoms in total. The molecule has 3 rings (SSSR count). The summed E-state index contributed by atoms with van der Waals surface area (Å²) < 4.78 is 30.4. The number of unbranched alkanes of at least 4 members (excludes halogenated alkanes) is 1. The van der Waals surface area contributed by atoms with Gasteiger partial charge in [-0.3, -0.25) is 5.32 Å². The van der Waals surface area contributed by atoms with E-state index in [1.165, 1.54) is 78.9 Å². The molecule has 0 aliphatic rings. The maximum Gasteiger partial charge on any atom is 0.513 e. The molecule has 0 saturated heterocycles. The molecule has 0 bridgehead atoms. The first-order chi connectivity index (χ1) is 21.3. The van der Waals surface area contributed by atoms with E-state index in [9.17, 15) is 24.0 Å². The van der Waals surface area contributed by atoms with Crippen molar-refractivity contribution in [3.63, 3.8) is 0 Å². The molecular formula is C32H29NO11. The van der Waals surface area contributed by atoms with Gasteiger partial charge in [0.05, 0.1) is 24.3 Å². The van der Waals surface area contributed by atoms with Gasteiger partial charge in [0.15, 0.2) is 0 Å². The molecule has 44 heavy (non-hydrogen) atoms. The van der Waals surface area contributed by atoms with Crippen molar-refractivity contribution < 1.29 is 52.4 Å². The molecule has 0 saturated carbocycles. The molecule has 0 aliphatic heterocycles. The van der Waals surface area contributed by atoms with Crippen LogP contribution < -0.4 is 19.5 Å². The molecule has 228 valence electrons. The van der Waals surface area contributed by atoms with E-state index >= 15 is 0 Å². The summed E-state index contributed by atoms with van der Waals surface area (Å²) in [7, 11) is 0. The van der Waals surface area contributed by atoms with Crippen molar-refractivity contribution in [3.05, 3.63) is 109 Å². The van der Waals surface area contributed by atoms with Crippen molar-refractivity contribution in [2.45, 2.75) is 12.8 Å². The molecule has 1 amide bonds. The second-order valence-electron chi connectivity index (χ2n) is 8.64. The zero-order chi connectivity index (χ0) is 31.7. The Bertz CT molecular complexity index is 1460. The highest BCUT2D eigenvalue weighted by Gasteiger charge is 2.13. The lowest BCUT2D eigenvalue weighted by atomic mass is 10.2. The average Bonchev–Trinajstić information content (AvgIpc) is 3.03. The number of nitrogens with one attached hydrogen (secondary N) is 1. The molecule has 0 radical (unpaired) electrons. The number of benzene rings is 3. The van der Waals surface area contributed by atoms with Gasteiger partial charge in [-0.05, 0) is 85.6 Å². The van der Waals surface area contributed by atoms with Gasteiger partial charge in [-0.15, -0.1) is 0 Å². The number of carbonyl (C=O) groups excluding carboxylic acids is 5. The van der Waals surface area contributed by atoms with E-state index in [1.807, 2.05) is 0 Å². The molecule has 0 spiro atoms. The van der Waals surface area contributed by atoms with Crippen molar-refractivity contribution in [1.82, 2.24) is 0 Å². The minimum atomic E-state index is -0.917. The third kappa shape index (κ3) is 11.2. The molecule has 0 aromatic heterocycles. The normalized spacial score (nSPS) is 10.0. The molecule has 3 aromatic rings. The van der Waals surface area contributed by atoms with Crippen molar-refractivity contribution in [2.24, 2.45) is 0 Å². The number of anilines is 1. The van der Waals surface area contributed by atoms with E-state index in [-0.39, 0.29) is 48.2 Å². The van der Waals surface area contributed by atoms with Crippen LogP contribution in [0, 0.1) is 0 Å². The van der Waals surface area contributed by atoms with Crippen molar-refractivity contribution in [3.8, 4) is 17.2 Å². The molecular weight excluding hydrogens is 574 g/mol. The lowest BCUT2D eigenvalue weighted by Crippen LogP contribution is -2.14. The van der Waals surface area contributed by atoms with Crippen LogP contribution in [0.4, 0.5) is 15.3 Å². The molecule has 0 unspecified atom stereocenters. The predicted molar refractivity (Wildman–Crippen MR) is 157 cm³/mol. The topological polar surface area (TPSA) is 153 Å². The Hall–Kier alpha value is -5.91. The summed E-state index contributed by atoms with van der Waals surface area (Å²) in [5.74, 6) is -1.23. The number of hydrogen-bond acceptors (Lipinski definition) is 11. The molecule has 0 atom stereocenters. The minimum Gasteiger partial charge on any atom is -0.463 e. The third-order valence-electron chi connectivity index (χ3n) is 5.40. The SMILES string of the molecule is C=CCOC(=O)Nc1ccc(C(=O)Oc2ccc(OC(=O)c3ccc(OC(=O)OCCCCOC(=O)C=C)cc3)cc2)cc1. The van der Waals surface area contributed by atoms with E-state index in [0.29, 0.717) is 18.5 Å². The molecule has 1 N–H and O–H groups in total. The van der Waals surface area contributed by atoms with E-state index in [4.69, 9.17) is 28.4 Å². The van der Waals surface area contributed by atoms with Crippen molar-refractivity contribution >= 4 is 35.8 Å². The Labute approximate surface area is 252 Å². The van der Waals surface area contributed by atoms with E-state index < -0.39 is 30.2 Å². The van der Waals surface area contributed by atoms with E-state index in [2.05, 4.69) is 18.5 Å². The lowest BCUT2D eigenvalue weighted by molar-refractivity contribution is -0.137. The van der Waals surface area contributed by atoms with Crippen LogP contribution in [0.3, 0.4) is 0 Å². The zero-order valence-corrected chi connectivity index (χ0v) is 23.5. The largest absolute Gasteiger partial charge is 0.513 e. The van der Waals surface area contributed by atoms with E-state index in [0.717, 1.165) is 6.08 Å². The van der Waals surface area contributed by atoms with Gasteiger partial charge in [0.25, 0.3) is 0 Å². The van der Waals surface area contributed by atoms with Gasteiger partial charge in [-0.2, -0.15) is 0 Å². The number of ether oxygens (including phenoxy) is 6. The fourth-order valence-corrected chi connectivity index (χ4v) is 3.26. The molecule has 0 fully saturated rings. The van der Waals surface area contributed by atoms with Crippen molar-refractivity contribution in [2.75, 3.05) is 25.1 Å². The predicted octanol–water partition coefficient (Wildman–Crippen LogP) is 5.88. The first-order valence-corrected chi connectivity index (χ1v) is 13.2. The highest BCUT2D eigenvalue weighted by Crippen LogP contribution is 2.21. The molecule has 12 heteroatoms. The van der Waals surface area contributed by atoms with Crippen LogP contribution in [0.25, 0.3) is 0 Å². The summed E-state index contributed by atoms with van der Waals surface area (Å²) in [6.45, 7) is 7.08. The second-order valence-corrected chi connectivity index (χ2v) is 8.64. The number of carbonyl (C=O) groups is 5. The quantitative estimate of drug-likeness (QED) is 0.0447. The van der Waals surface area contributed by atoms with E-state index in [1.54, 1.807) is 0 Å². The van der Waals surface area contributed by atoms with Crippen molar-refractivity contribution in [1.29, 1.82) is 0 Å². The average molecular weight is 604 g/mol. The van der Waals surface area contributed by atoms with Gasteiger partial charge >= 0.3 is 30.2 Å². The maximum atomic E-state index is 12.5. The summed E-state index contributed by atoms with van der Waals surface area (Å²) >= 11 is 0. The van der Waals surface area contributed by atoms with Gasteiger partial charge in [-0.1, -0.05) is 19.2 Å². The maximum absolute atomic E-state index is 12.5. The fraction of sp³-hybridized carbons (Fsp3) is 0.156. The Kier molecular flexibility index (Phi) is 12.7. The van der Waals surface area contributed by atoms with Gasteiger partial charge in [-0.25, -0.2) is 24.0 Å². The Balaban J connectivity index is 1.41. The Morgan fingerprint density at radius 2 is 1.09 bits per heavy atom. The fourth-order valence-electron chi connectivity index (χ4n) is 3.26. The standard InChI is InChI=1S/C32H29NO11/c1-3-19-40-31(37)33-24-11-7-22(8-12-24)29(35)42-25-15-17-26(18-16-25)43-30(36)23-9-13-27(14-10-23)44-32(38)41-21-6-5-20-39-28(34)4-2/h3-4,7-18H,1-2,5-6,19-21H2,(H,33,37). The van der Waals surface area contributed by atoms with Gasteiger partial charge in [0.2, 0.25) is 0 Å². The smallest absolute Gasteiger partial charge is 0.463 e. The zero-order valence-electron chi connectivity index (χ0n) is 23.5. The Morgan fingerprint density at radius 3 is 1.61 bits per heavy atom. The molecule has 0 heterocycles. The van der Waals surface area contributed by atoms with Crippen LogP contribution >= 0.6 is 0 Å². The third-order valence-corrected chi connectivity index (χ3v) is 5.40. The monoisotopic (exact) mass is 603 g/mol. The first-order valence-electron chi connectivity index (χ1n) is 13.2. The summed E-state index contributed by atoms with van der Waals surface area (Å²) in [6.07, 6.45) is 1.91. The van der Waals surface area contributed by atoms with Crippen LogP contribution in [0.5, 0.6) is 17.2 Å². The highest BCUT2D eigenvalue weighted by molar-refractivity contribution is 5.93. The van der Waals surface area contributed by atoms with Crippen LogP contribution in [0.2, 0.25) is 0 Å². The lowest BCUT2D eigenvalue weighted by Gasteiger charge is -2.09. The number of hydrogen-bond donors (Lipinski definition) is 1. The number of esters is 3. The summed E-state index contributed by atoms with van der Waals surface area (Å²) in [5, 5.41) is 2.51. The first kappa shape index (κ1) is 32.6. The van der Waals surface area contributed by atoms with Gasteiger partial charge in [0, 0.05) is 11.8 Å². The molecule has 3 aromatic carbocycles. The molecule has 0 aliphatic carbocycles. The van der Waals surface area contributed by atoms with Crippen LogP contribution in [-0.4, -0.2) is 50.0 Å². The summed E-state index contributed by atoms with van der Waals surface area (Å²) in [4.78, 5) is 59.3. The van der Waals surface area contributed by atoms with Gasteiger partial charge < -0.3 is 28.4 Å². The van der Waals surface area contributed by atoms with Crippen LogP contribution in [-0.2, 0) is 19.0 Å². The summed E-state index contributed by atoms with van der Waals surface area (Å²) in [6, 6.07) is 17.5. The van der Waals surface area contributed by atoms with Crippen LogP contribution in [0.1, 0.15) is 33.6 Å². The van der Waals surface area contributed by atoms with Crippen LogP contribution in [0.15, 0.2) is 98.1 Å². The number of rotatable bonds is 14. The highest BCUT2D eigenvalue weighted by atomic mass is 16.7. The second kappa shape index (κ2) is 17.1. The number of amides is 1. The Morgan fingerprint density at radius 1 is 0.614 bits per heavy atom. The summed E-state index contributed by atoms with van der Waals surface area (Å²) in [5.41, 5.74) is 0.873. The minimum absolute atomic E-state index is 0.0685.